The third-order valence-electron chi connectivity index (χ3n) is 4.16. The van der Waals surface area contributed by atoms with Crippen LogP contribution >= 0.6 is 0 Å². The number of nitrogens with zero attached hydrogens (tertiary/aromatic N) is 1. The van der Waals surface area contributed by atoms with E-state index in [1.807, 2.05) is 29.2 Å². The topological polar surface area (TPSA) is 87.7 Å². The van der Waals surface area contributed by atoms with Gasteiger partial charge in [0.2, 0.25) is 11.8 Å². The van der Waals surface area contributed by atoms with Gasteiger partial charge in [-0.25, -0.2) is 0 Å². The molecule has 1 fully saturated rings. The van der Waals surface area contributed by atoms with Gasteiger partial charge in [0.05, 0.1) is 32.2 Å². The van der Waals surface area contributed by atoms with Gasteiger partial charge in [-0.3, -0.25) is 14.5 Å². The van der Waals surface area contributed by atoms with Crippen LogP contribution in [0.5, 0.6) is 0 Å². The van der Waals surface area contributed by atoms with Crippen molar-refractivity contribution in [3.63, 3.8) is 0 Å². The monoisotopic (exact) mass is 345 g/mol. The first kappa shape index (κ1) is 17.3. The molecule has 1 aliphatic rings. The quantitative estimate of drug-likeness (QED) is 0.797. The van der Waals surface area contributed by atoms with E-state index in [1.165, 1.54) is 0 Å². The van der Waals surface area contributed by atoms with Crippen molar-refractivity contribution < 1.29 is 18.4 Å². The molecule has 3 heterocycles. The van der Waals surface area contributed by atoms with E-state index in [0.29, 0.717) is 26.1 Å². The molecule has 7 nitrogen and oxygen atoms in total. The summed E-state index contributed by atoms with van der Waals surface area (Å²) in [5, 5.41) is 5.67. The van der Waals surface area contributed by atoms with Crippen LogP contribution < -0.4 is 10.6 Å². The van der Waals surface area contributed by atoms with Crippen LogP contribution in [0, 0.1) is 0 Å². The first-order valence-electron chi connectivity index (χ1n) is 8.55. The maximum Gasteiger partial charge on any atom is 0.242 e. The highest BCUT2D eigenvalue weighted by Crippen LogP contribution is 2.11. The standard InChI is InChI=1S/C18H23N3O4/c22-17(20-16-7-1-2-8-19-18(16)23)13-21(11-14-5-3-9-24-14)12-15-6-4-10-25-15/h3-6,9-10,16H,1-2,7-8,11-13H2,(H,19,23)(H,20,22)/t16-/m0/s1. The van der Waals surface area contributed by atoms with Crippen molar-refractivity contribution in [3.05, 3.63) is 48.3 Å². The van der Waals surface area contributed by atoms with E-state index < -0.39 is 6.04 Å². The van der Waals surface area contributed by atoms with Gasteiger partial charge in [-0.2, -0.15) is 0 Å². The molecule has 7 heteroatoms. The Morgan fingerprint density at radius 3 is 2.44 bits per heavy atom. The van der Waals surface area contributed by atoms with Crippen molar-refractivity contribution in [2.24, 2.45) is 0 Å². The Balaban J connectivity index is 1.59. The number of nitrogens with one attached hydrogen (secondary N) is 2. The summed E-state index contributed by atoms with van der Waals surface area (Å²) in [6.45, 7) is 1.80. The minimum Gasteiger partial charge on any atom is -0.468 e. The molecule has 2 aromatic rings. The summed E-state index contributed by atoms with van der Waals surface area (Å²) in [4.78, 5) is 26.3. The molecule has 2 N–H and O–H groups in total. The molecule has 0 radical (unpaired) electrons. The Hall–Kier alpha value is -2.54. The minimum atomic E-state index is -0.455. The Labute approximate surface area is 146 Å². The van der Waals surface area contributed by atoms with Gasteiger partial charge in [0.25, 0.3) is 0 Å². The Kier molecular flexibility index (Phi) is 5.90. The first-order valence-corrected chi connectivity index (χ1v) is 8.55. The van der Waals surface area contributed by atoms with E-state index in [-0.39, 0.29) is 18.4 Å². The van der Waals surface area contributed by atoms with Gasteiger partial charge in [0.15, 0.2) is 0 Å². The molecule has 0 unspecified atom stereocenters. The highest BCUT2D eigenvalue weighted by atomic mass is 16.3. The smallest absolute Gasteiger partial charge is 0.242 e. The van der Waals surface area contributed by atoms with E-state index in [0.717, 1.165) is 24.4 Å². The molecule has 0 spiro atoms. The zero-order valence-corrected chi connectivity index (χ0v) is 14.1. The lowest BCUT2D eigenvalue weighted by molar-refractivity contribution is -0.129. The van der Waals surface area contributed by atoms with Crippen molar-refractivity contribution in [1.82, 2.24) is 15.5 Å². The zero-order valence-electron chi connectivity index (χ0n) is 14.1. The van der Waals surface area contributed by atoms with Crippen molar-refractivity contribution in [2.45, 2.75) is 38.4 Å². The number of carbonyl (C=O) groups excluding carboxylic acids is 2. The lowest BCUT2D eigenvalue weighted by Gasteiger charge is -2.21. The number of hydrogen-bond acceptors (Lipinski definition) is 5. The van der Waals surface area contributed by atoms with Gasteiger partial charge < -0.3 is 19.5 Å². The number of rotatable bonds is 7. The number of furan rings is 2. The summed E-state index contributed by atoms with van der Waals surface area (Å²) in [6, 6.07) is 6.91. The van der Waals surface area contributed by atoms with Crippen molar-refractivity contribution in [2.75, 3.05) is 13.1 Å². The maximum absolute atomic E-state index is 12.4. The van der Waals surface area contributed by atoms with Crippen LogP contribution in [0.4, 0.5) is 0 Å². The molecule has 3 rings (SSSR count). The van der Waals surface area contributed by atoms with Gasteiger partial charge in [0, 0.05) is 6.54 Å². The highest BCUT2D eigenvalue weighted by molar-refractivity contribution is 5.88. The van der Waals surface area contributed by atoms with E-state index >= 15 is 0 Å². The SMILES string of the molecule is O=C(CN(Cc1ccco1)Cc1ccco1)N[C@H]1CCCCNC1=O. The van der Waals surface area contributed by atoms with E-state index in [9.17, 15) is 9.59 Å². The van der Waals surface area contributed by atoms with E-state index in [1.54, 1.807) is 12.5 Å². The summed E-state index contributed by atoms with van der Waals surface area (Å²) in [5.41, 5.74) is 0. The second-order valence-electron chi connectivity index (χ2n) is 6.21. The van der Waals surface area contributed by atoms with Gasteiger partial charge in [-0.05, 0) is 43.5 Å². The molecule has 1 aliphatic heterocycles. The van der Waals surface area contributed by atoms with Gasteiger partial charge in [0.1, 0.15) is 17.6 Å². The fourth-order valence-electron chi connectivity index (χ4n) is 2.93. The third-order valence-corrected chi connectivity index (χ3v) is 4.16. The molecular formula is C18H23N3O4. The molecule has 0 aromatic carbocycles. The maximum atomic E-state index is 12.4. The predicted octanol–water partition coefficient (Wildman–Crippen LogP) is 1.66. The summed E-state index contributed by atoms with van der Waals surface area (Å²) in [7, 11) is 0. The first-order chi connectivity index (χ1) is 12.2. The number of hydrogen-bond donors (Lipinski definition) is 2. The number of carbonyl (C=O) groups is 2. The van der Waals surface area contributed by atoms with Crippen LogP contribution in [0.3, 0.4) is 0 Å². The Morgan fingerprint density at radius 2 is 1.84 bits per heavy atom. The minimum absolute atomic E-state index is 0.102. The fraction of sp³-hybridized carbons (Fsp3) is 0.444. The average molecular weight is 345 g/mol. The van der Waals surface area contributed by atoms with Gasteiger partial charge in [-0.1, -0.05) is 0 Å². The molecule has 134 valence electrons. The number of amides is 2. The summed E-state index contributed by atoms with van der Waals surface area (Å²) in [5.74, 6) is 1.26. The van der Waals surface area contributed by atoms with Crippen LogP contribution in [0.1, 0.15) is 30.8 Å². The summed E-state index contributed by atoms with van der Waals surface area (Å²) < 4.78 is 10.8. The molecule has 0 aliphatic carbocycles. The largest absolute Gasteiger partial charge is 0.468 e. The van der Waals surface area contributed by atoms with Gasteiger partial charge in [-0.15, -0.1) is 0 Å². The molecule has 0 saturated carbocycles. The van der Waals surface area contributed by atoms with Crippen molar-refractivity contribution >= 4 is 11.8 Å². The molecule has 2 aromatic heterocycles. The fourth-order valence-corrected chi connectivity index (χ4v) is 2.93. The Bertz CT molecular complexity index is 630. The summed E-state index contributed by atoms with van der Waals surface area (Å²) in [6.07, 6.45) is 5.76. The lowest BCUT2D eigenvalue weighted by atomic mass is 10.1. The van der Waals surface area contributed by atoms with Crippen LogP contribution in [-0.2, 0) is 22.7 Å². The average Bonchev–Trinajstić information content (AvgIpc) is 3.23. The van der Waals surface area contributed by atoms with Crippen molar-refractivity contribution in [3.8, 4) is 0 Å². The van der Waals surface area contributed by atoms with Crippen LogP contribution in [-0.4, -0.2) is 35.8 Å². The normalized spacial score (nSPS) is 18.0. The van der Waals surface area contributed by atoms with E-state index in [2.05, 4.69) is 10.6 Å². The lowest BCUT2D eigenvalue weighted by Crippen LogP contribution is -2.48. The highest BCUT2D eigenvalue weighted by Gasteiger charge is 2.23. The molecule has 1 atom stereocenters. The molecule has 0 bridgehead atoms. The molecule has 2 amide bonds. The molecular weight excluding hydrogens is 322 g/mol. The Morgan fingerprint density at radius 1 is 1.16 bits per heavy atom. The van der Waals surface area contributed by atoms with Crippen LogP contribution in [0.15, 0.2) is 45.6 Å². The second-order valence-corrected chi connectivity index (χ2v) is 6.21. The zero-order chi connectivity index (χ0) is 17.5. The van der Waals surface area contributed by atoms with Crippen LogP contribution in [0.25, 0.3) is 0 Å². The van der Waals surface area contributed by atoms with E-state index in [4.69, 9.17) is 8.83 Å². The predicted molar refractivity (Wildman–Crippen MR) is 90.3 cm³/mol. The third kappa shape index (κ3) is 5.22. The second kappa shape index (κ2) is 8.53. The summed E-state index contributed by atoms with van der Waals surface area (Å²) >= 11 is 0. The molecule has 1 saturated heterocycles. The van der Waals surface area contributed by atoms with Crippen molar-refractivity contribution in [1.29, 1.82) is 0 Å². The van der Waals surface area contributed by atoms with Crippen LogP contribution in [0.2, 0.25) is 0 Å². The van der Waals surface area contributed by atoms with Gasteiger partial charge >= 0.3 is 0 Å². The molecule has 25 heavy (non-hydrogen) atoms.